The van der Waals surface area contributed by atoms with Crippen molar-refractivity contribution in [3.8, 4) is 0 Å². The van der Waals surface area contributed by atoms with E-state index in [4.69, 9.17) is 5.21 Å². The van der Waals surface area contributed by atoms with E-state index in [2.05, 4.69) is 20.7 Å². The molecule has 0 saturated heterocycles. The maximum absolute atomic E-state index is 12.6. The summed E-state index contributed by atoms with van der Waals surface area (Å²) in [5.41, 5.74) is 2.30. The van der Waals surface area contributed by atoms with Crippen LogP contribution in [0.1, 0.15) is 5.56 Å². The monoisotopic (exact) mass is 448 g/mol. The Morgan fingerprint density at radius 2 is 1.67 bits per heavy atom. The van der Waals surface area contributed by atoms with Crippen molar-refractivity contribution in [3.05, 3.63) is 76.8 Å². The zero-order valence-electron chi connectivity index (χ0n) is 14.1. The molecule has 0 aromatic heterocycles. The highest BCUT2D eigenvalue weighted by Crippen LogP contribution is 2.18. The lowest BCUT2D eigenvalue weighted by atomic mass is 10.0. The van der Waals surface area contributed by atoms with Gasteiger partial charge in [-0.15, -0.1) is 0 Å². The van der Waals surface area contributed by atoms with Gasteiger partial charge in [0.05, 0.1) is 4.90 Å². The quantitative estimate of drug-likeness (QED) is 0.398. The van der Waals surface area contributed by atoms with Gasteiger partial charge in [0, 0.05) is 4.47 Å². The molecule has 3 N–H and O–H groups in total. The van der Waals surface area contributed by atoms with Gasteiger partial charge in [-0.1, -0.05) is 58.4 Å². The van der Waals surface area contributed by atoms with Gasteiger partial charge in [0.15, 0.2) is 0 Å². The Morgan fingerprint density at radius 3 is 2.33 bits per heavy atom. The summed E-state index contributed by atoms with van der Waals surface area (Å²) in [4.78, 5) is 12.1. The summed E-state index contributed by atoms with van der Waals surface area (Å²) >= 11 is 3.25. The standard InChI is InChI=1S/C19H17BrN2O4S/c20-16-7-9-17(10-8-16)27(25,26)22-18(19(23)21-24)12-13-5-6-14-3-1-2-4-15(14)11-13/h1-11,18,22,24H,12H2,(H,21,23). The van der Waals surface area contributed by atoms with E-state index in [0.717, 1.165) is 20.8 Å². The minimum absolute atomic E-state index is 0.0277. The van der Waals surface area contributed by atoms with Crippen molar-refractivity contribution in [2.45, 2.75) is 17.4 Å². The molecule has 1 unspecified atom stereocenters. The number of amides is 1. The smallest absolute Gasteiger partial charge is 0.261 e. The normalized spacial score (nSPS) is 12.7. The Hall–Kier alpha value is -2.26. The molecule has 0 saturated carbocycles. The Balaban J connectivity index is 1.87. The van der Waals surface area contributed by atoms with Gasteiger partial charge in [-0.3, -0.25) is 10.0 Å². The third-order valence-corrected chi connectivity index (χ3v) is 6.12. The van der Waals surface area contributed by atoms with Crippen molar-refractivity contribution in [3.63, 3.8) is 0 Å². The lowest BCUT2D eigenvalue weighted by Crippen LogP contribution is -2.47. The van der Waals surface area contributed by atoms with E-state index in [9.17, 15) is 13.2 Å². The predicted octanol–water partition coefficient (Wildman–Crippen LogP) is 3.00. The molecule has 1 atom stereocenters. The minimum atomic E-state index is -3.94. The van der Waals surface area contributed by atoms with E-state index in [0.29, 0.717) is 0 Å². The number of halogens is 1. The van der Waals surface area contributed by atoms with Crippen molar-refractivity contribution >= 4 is 42.6 Å². The number of benzene rings is 3. The first-order valence-electron chi connectivity index (χ1n) is 8.08. The van der Waals surface area contributed by atoms with E-state index >= 15 is 0 Å². The van der Waals surface area contributed by atoms with E-state index in [1.807, 2.05) is 42.5 Å². The lowest BCUT2D eigenvalue weighted by molar-refractivity contribution is -0.130. The zero-order valence-corrected chi connectivity index (χ0v) is 16.5. The average molecular weight is 449 g/mol. The van der Waals surface area contributed by atoms with Crippen molar-refractivity contribution in [1.29, 1.82) is 0 Å². The van der Waals surface area contributed by atoms with Crippen molar-refractivity contribution in [2.75, 3.05) is 0 Å². The number of hydrogen-bond acceptors (Lipinski definition) is 4. The molecule has 140 valence electrons. The van der Waals surface area contributed by atoms with Crippen LogP contribution in [0.2, 0.25) is 0 Å². The highest BCUT2D eigenvalue weighted by Gasteiger charge is 2.26. The van der Waals surface area contributed by atoms with Gasteiger partial charge in [0.2, 0.25) is 10.0 Å². The van der Waals surface area contributed by atoms with Crippen LogP contribution in [-0.2, 0) is 21.2 Å². The second-order valence-corrected chi connectivity index (χ2v) is 8.62. The highest BCUT2D eigenvalue weighted by atomic mass is 79.9. The zero-order chi connectivity index (χ0) is 19.4. The number of carbonyl (C=O) groups is 1. The van der Waals surface area contributed by atoms with E-state index in [1.54, 1.807) is 12.1 Å². The molecule has 6 nitrogen and oxygen atoms in total. The van der Waals surface area contributed by atoms with Crippen LogP contribution in [0.15, 0.2) is 76.1 Å². The third kappa shape index (κ3) is 4.72. The first kappa shape index (κ1) is 19.5. The van der Waals surface area contributed by atoms with E-state index in [1.165, 1.54) is 17.6 Å². The Bertz CT molecular complexity index is 1070. The number of rotatable bonds is 6. The molecule has 0 fully saturated rings. The van der Waals surface area contributed by atoms with Gasteiger partial charge >= 0.3 is 0 Å². The second-order valence-electron chi connectivity index (χ2n) is 5.99. The Labute approximate surface area is 165 Å². The largest absolute Gasteiger partial charge is 0.289 e. The molecule has 3 aromatic carbocycles. The number of carbonyl (C=O) groups excluding carboxylic acids is 1. The maximum atomic E-state index is 12.6. The van der Waals surface area contributed by atoms with Gasteiger partial charge in [0.25, 0.3) is 5.91 Å². The van der Waals surface area contributed by atoms with E-state index in [-0.39, 0.29) is 11.3 Å². The van der Waals surface area contributed by atoms with Gasteiger partial charge < -0.3 is 0 Å². The molecule has 0 radical (unpaired) electrons. The lowest BCUT2D eigenvalue weighted by Gasteiger charge is -2.17. The fourth-order valence-electron chi connectivity index (χ4n) is 2.74. The van der Waals surface area contributed by atoms with Gasteiger partial charge in [0.1, 0.15) is 6.04 Å². The number of hydrogen-bond donors (Lipinski definition) is 3. The fraction of sp³-hybridized carbons (Fsp3) is 0.105. The molecule has 0 heterocycles. The summed E-state index contributed by atoms with van der Waals surface area (Å²) in [6.45, 7) is 0. The number of fused-ring (bicyclic) bond motifs is 1. The average Bonchev–Trinajstić information content (AvgIpc) is 2.67. The SMILES string of the molecule is O=C(NO)C(Cc1ccc2ccccc2c1)NS(=O)(=O)c1ccc(Br)cc1. The van der Waals surface area contributed by atoms with Crippen LogP contribution >= 0.6 is 15.9 Å². The van der Waals surface area contributed by atoms with Crippen LogP contribution in [0.5, 0.6) is 0 Å². The summed E-state index contributed by atoms with van der Waals surface area (Å²) in [6.07, 6.45) is 0.0903. The molecular weight excluding hydrogens is 432 g/mol. The van der Waals surface area contributed by atoms with Crippen LogP contribution in [0, 0.1) is 0 Å². The van der Waals surface area contributed by atoms with E-state index < -0.39 is 22.0 Å². The van der Waals surface area contributed by atoms with Crippen LogP contribution < -0.4 is 10.2 Å². The molecule has 0 bridgehead atoms. The Kier molecular flexibility index (Phi) is 5.91. The molecule has 3 rings (SSSR count). The topological polar surface area (TPSA) is 95.5 Å². The van der Waals surface area contributed by atoms with Crippen LogP contribution in [0.4, 0.5) is 0 Å². The highest BCUT2D eigenvalue weighted by molar-refractivity contribution is 9.10. The number of sulfonamides is 1. The maximum Gasteiger partial charge on any atom is 0.261 e. The fourth-order valence-corrected chi connectivity index (χ4v) is 4.20. The number of nitrogens with one attached hydrogen (secondary N) is 2. The van der Waals surface area contributed by atoms with Gasteiger partial charge in [-0.05, 0) is 47.0 Å². The molecule has 8 heteroatoms. The van der Waals surface area contributed by atoms with Crippen LogP contribution in [-0.4, -0.2) is 25.6 Å². The van der Waals surface area contributed by atoms with Gasteiger partial charge in [-0.2, -0.15) is 4.72 Å². The molecule has 0 spiro atoms. The van der Waals surface area contributed by atoms with Crippen LogP contribution in [0.25, 0.3) is 10.8 Å². The summed E-state index contributed by atoms with van der Waals surface area (Å²) in [5, 5.41) is 11.0. The first-order valence-corrected chi connectivity index (χ1v) is 10.4. The predicted molar refractivity (Wildman–Crippen MR) is 106 cm³/mol. The Morgan fingerprint density at radius 1 is 1.00 bits per heavy atom. The van der Waals surface area contributed by atoms with Gasteiger partial charge in [-0.25, -0.2) is 13.9 Å². The molecule has 27 heavy (non-hydrogen) atoms. The molecule has 0 aliphatic heterocycles. The third-order valence-electron chi connectivity index (χ3n) is 4.10. The van der Waals surface area contributed by atoms with Crippen LogP contribution in [0.3, 0.4) is 0 Å². The summed E-state index contributed by atoms with van der Waals surface area (Å²) < 4.78 is 28.3. The molecule has 0 aliphatic carbocycles. The molecule has 0 aliphatic rings. The molecular formula is C19H17BrN2O4S. The van der Waals surface area contributed by atoms with Crippen molar-refractivity contribution in [1.82, 2.24) is 10.2 Å². The summed E-state index contributed by atoms with van der Waals surface area (Å²) in [7, 11) is -3.94. The summed E-state index contributed by atoms with van der Waals surface area (Å²) in [5.74, 6) is -0.830. The summed E-state index contributed by atoms with van der Waals surface area (Å²) in [6, 6.07) is 18.2. The minimum Gasteiger partial charge on any atom is -0.289 e. The molecule has 3 aromatic rings. The number of hydroxylamine groups is 1. The first-order chi connectivity index (χ1) is 12.9. The second kappa shape index (κ2) is 8.18. The molecule has 1 amide bonds. The van der Waals surface area contributed by atoms with Crippen molar-refractivity contribution < 1.29 is 18.4 Å². The van der Waals surface area contributed by atoms with Crippen molar-refractivity contribution in [2.24, 2.45) is 0 Å².